The minimum absolute atomic E-state index is 0.122. The lowest BCUT2D eigenvalue weighted by atomic mass is 10.1. The first-order valence-corrected chi connectivity index (χ1v) is 6.68. The number of hydrogen-bond donors (Lipinski definition) is 2. The van der Waals surface area contributed by atoms with Crippen molar-refractivity contribution in [2.24, 2.45) is 5.92 Å². The summed E-state index contributed by atoms with van der Waals surface area (Å²) in [6.45, 7) is 6.88. The molecule has 1 aromatic carbocycles. The van der Waals surface area contributed by atoms with Crippen LogP contribution in [-0.4, -0.2) is 23.7 Å². The van der Waals surface area contributed by atoms with Crippen LogP contribution in [0.5, 0.6) is 5.75 Å². The van der Waals surface area contributed by atoms with Gasteiger partial charge in [-0.25, -0.2) is 0 Å². The van der Waals surface area contributed by atoms with Crippen LogP contribution in [0.25, 0.3) is 0 Å². The third-order valence-electron chi connectivity index (χ3n) is 2.62. The maximum absolute atomic E-state index is 10.5. The normalized spacial score (nSPS) is 12.2. The van der Waals surface area contributed by atoms with Crippen molar-refractivity contribution in [1.82, 2.24) is 0 Å². The van der Waals surface area contributed by atoms with Crippen molar-refractivity contribution in [2.45, 2.75) is 39.7 Å². The summed E-state index contributed by atoms with van der Waals surface area (Å²) in [7, 11) is 0. The van der Waals surface area contributed by atoms with Gasteiger partial charge in [0, 0.05) is 24.2 Å². The van der Waals surface area contributed by atoms with Gasteiger partial charge in [0.05, 0.1) is 6.61 Å². The second-order valence-electron chi connectivity index (χ2n) is 5.21. The summed E-state index contributed by atoms with van der Waals surface area (Å²) in [5, 5.41) is 11.9. The van der Waals surface area contributed by atoms with E-state index in [1.54, 1.807) is 0 Å². The van der Waals surface area contributed by atoms with Crippen molar-refractivity contribution in [3.63, 3.8) is 0 Å². The number of hydrogen-bond acceptors (Lipinski definition) is 3. The second kappa shape index (κ2) is 7.67. The highest BCUT2D eigenvalue weighted by molar-refractivity contribution is 5.66. The highest BCUT2D eigenvalue weighted by atomic mass is 16.5. The number of carbonyl (C=O) groups is 1. The predicted molar refractivity (Wildman–Crippen MR) is 76.7 cm³/mol. The molecular formula is C15H23NO3. The van der Waals surface area contributed by atoms with E-state index in [9.17, 15) is 4.79 Å². The Balaban J connectivity index is 2.49. The van der Waals surface area contributed by atoms with E-state index >= 15 is 0 Å². The summed E-state index contributed by atoms with van der Waals surface area (Å²) in [4.78, 5) is 10.5. The van der Waals surface area contributed by atoms with Crippen molar-refractivity contribution in [3.05, 3.63) is 24.3 Å². The molecule has 2 N–H and O–H groups in total. The first-order chi connectivity index (χ1) is 8.97. The Morgan fingerprint density at radius 3 is 2.74 bits per heavy atom. The van der Waals surface area contributed by atoms with E-state index in [1.165, 1.54) is 0 Å². The molecule has 4 nitrogen and oxygen atoms in total. The molecule has 4 heteroatoms. The maximum atomic E-state index is 10.5. The summed E-state index contributed by atoms with van der Waals surface area (Å²) in [6, 6.07) is 7.88. The van der Waals surface area contributed by atoms with Gasteiger partial charge >= 0.3 is 5.97 Å². The van der Waals surface area contributed by atoms with Crippen LogP contribution in [-0.2, 0) is 4.79 Å². The molecule has 0 aromatic heterocycles. The summed E-state index contributed by atoms with van der Waals surface area (Å²) in [6.07, 6.45) is 0.782. The lowest BCUT2D eigenvalue weighted by molar-refractivity contribution is -0.137. The Kier molecular flexibility index (Phi) is 6.19. The summed E-state index contributed by atoms with van der Waals surface area (Å²) in [5.41, 5.74) is 0.958. The molecule has 0 spiro atoms. The van der Waals surface area contributed by atoms with E-state index in [4.69, 9.17) is 9.84 Å². The van der Waals surface area contributed by atoms with E-state index < -0.39 is 5.97 Å². The van der Waals surface area contributed by atoms with Crippen LogP contribution >= 0.6 is 0 Å². The number of benzene rings is 1. The Hall–Kier alpha value is -1.71. The van der Waals surface area contributed by atoms with Gasteiger partial charge in [0.2, 0.25) is 0 Å². The minimum Gasteiger partial charge on any atom is -0.493 e. The van der Waals surface area contributed by atoms with Crippen LogP contribution in [0.4, 0.5) is 5.69 Å². The van der Waals surface area contributed by atoms with Crippen LogP contribution < -0.4 is 10.1 Å². The van der Waals surface area contributed by atoms with Crippen molar-refractivity contribution in [3.8, 4) is 5.75 Å². The van der Waals surface area contributed by atoms with E-state index in [2.05, 4.69) is 19.2 Å². The van der Waals surface area contributed by atoms with E-state index in [1.807, 2.05) is 31.2 Å². The molecule has 1 aromatic rings. The van der Waals surface area contributed by atoms with Gasteiger partial charge in [-0.2, -0.15) is 0 Å². The number of carboxylic acid groups (broad SMARTS) is 1. The first-order valence-electron chi connectivity index (χ1n) is 6.68. The predicted octanol–water partition coefficient (Wildman–Crippen LogP) is 3.39. The molecule has 0 saturated carbocycles. The lowest BCUT2D eigenvalue weighted by Crippen LogP contribution is -2.16. The van der Waals surface area contributed by atoms with Crippen molar-refractivity contribution >= 4 is 11.7 Å². The Morgan fingerprint density at radius 1 is 1.37 bits per heavy atom. The van der Waals surface area contributed by atoms with Gasteiger partial charge in [-0.3, -0.25) is 4.79 Å². The molecule has 1 atom stereocenters. The van der Waals surface area contributed by atoms with Crippen LogP contribution in [0.1, 0.15) is 33.6 Å². The van der Waals surface area contributed by atoms with Gasteiger partial charge in [0.15, 0.2) is 0 Å². The maximum Gasteiger partial charge on any atom is 0.303 e. The van der Waals surface area contributed by atoms with Gasteiger partial charge in [-0.1, -0.05) is 19.9 Å². The van der Waals surface area contributed by atoms with Gasteiger partial charge in [-0.05, 0) is 31.4 Å². The largest absolute Gasteiger partial charge is 0.493 e. The number of nitrogens with one attached hydrogen (secondary N) is 1. The monoisotopic (exact) mass is 265 g/mol. The number of aliphatic carboxylic acids is 1. The highest BCUT2D eigenvalue weighted by Gasteiger charge is 2.06. The molecule has 0 aliphatic carbocycles. The Morgan fingerprint density at radius 2 is 2.11 bits per heavy atom. The number of ether oxygens (including phenoxy) is 1. The van der Waals surface area contributed by atoms with Crippen molar-refractivity contribution in [1.29, 1.82) is 0 Å². The third-order valence-corrected chi connectivity index (χ3v) is 2.62. The average molecular weight is 265 g/mol. The molecule has 0 radical (unpaired) electrons. The molecule has 0 fully saturated rings. The Bertz CT molecular complexity index is 404. The fraction of sp³-hybridized carbons (Fsp3) is 0.533. The van der Waals surface area contributed by atoms with Crippen LogP contribution in [0.3, 0.4) is 0 Å². The fourth-order valence-electron chi connectivity index (χ4n) is 1.64. The van der Waals surface area contributed by atoms with E-state index in [0.29, 0.717) is 18.9 Å². The molecule has 0 aliphatic rings. The van der Waals surface area contributed by atoms with Gasteiger partial charge in [-0.15, -0.1) is 0 Å². The molecule has 0 aliphatic heterocycles. The minimum atomic E-state index is -0.761. The van der Waals surface area contributed by atoms with Crippen LogP contribution in [0, 0.1) is 5.92 Å². The van der Waals surface area contributed by atoms with Gasteiger partial charge in [0.25, 0.3) is 0 Å². The number of anilines is 1. The smallest absolute Gasteiger partial charge is 0.303 e. The summed E-state index contributed by atoms with van der Waals surface area (Å²) < 4.78 is 5.65. The van der Waals surface area contributed by atoms with Gasteiger partial charge < -0.3 is 15.2 Å². The molecular weight excluding hydrogens is 242 g/mol. The van der Waals surface area contributed by atoms with Crippen LogP contribution in [0.15, 0.2) is 24.3 Å². The molecule has 0 heterocycles. The molecule has 1 unspecified atom stereocenters. The standard InChI is InChI=1S/C15H23NO3/c1-11(2)10-19-14-6-4-5-13(9-14)16-12(3)7-8-15(17)18/h4-6,9,11-12,16H,7-8,10H2,1-3H3,(H,17,18). The zero-order valence-electron chi connectivity index (χ0n) is 11.8. The SMILES string of the molecule is CC(C)COc1cccc(NC(C)CCC(=O)O)c1. The molecule has 0 amide bonds. The zero-order chi connectivity index (χ0) is 14.3. The molecule has 106 valence electrons. The average Bonchev–Trinajstić information content (AvgIpc) is 2.34. The topological polar surface area (TPSA) is 58.6 Å². The highest BCUT2D eigenvalue weighted by Crippen LogP contribution is 2.19. The number of carboxylic acids is 1. The number of rotatable bonds is 8. The van der Waals surface area contributed by atoms with Crippen LogP contribution in [0.2, 0.25) is 0 Å². The molecule has 0 saturated heterocycles. The van der Waals surface area contributed by atoms with E-state index in [0.717, 1.165) is 11.4 Å². The summed E-state index contributed by atoms with van der Waals surface area (Å²) >= 11 is 0. The van der Waals surface area contributed by atoms with Crippen molar-refractivity contribution in [2.75, 3.05) is 11.9 Å². The first kappa shape index (κ1) is 15.3. The zero-order valence-corrected chi connectivity index (χ0v) is 11.8. The molecule has 1 rings (SSSR count). The Labute approximate surface area is 114 Å². The fourth-order valence-corrected chi connectivity index (χ4v) is 1.64. The summed E-state index contributed by atoms with van der Waals surface area (Å²) in [5.74, 6) is 0.568. The lowest BCUT2D eigenvalue weighted by Gasteiger charge is -2.15. The van der Waals surface area contributed by atoms with Crippen molar-refractivity contribution < 1.29 is 14.6 Å². The quantitative estimate of drug-likeness (QED) is 0.756. The third kappa shape index (κ3) is 6.70. The molecule has 0 bridgehead atoms. The van der Waals surface area contributed by atoms with E-state index in [-0.39, 0.29) is 12.5 Å². The van der Waals surface area contributed by atoms with Gasteiger partial charge in [0.1, 0.15) is 5.75 Å². The molecule has 19 heavy (non-hydrogen) atoms. The second-order valence-corrected chi connectivity index (χ2v) is 5.21.